The van der Waals surface area contributed by atoms with E-state index in [9.17, 15) is 8.42 Å². The van der Waals surface area contributed by atoms with Crippen molar-refractivity contribution in [3.8, 4) is 0 Å². The van der Waals surface area contributed by atoms with E-state index in [1.807, 2.05) is 6.92 Å². The fraction of sp³-hybridized carbons (Fsp3) is 0.769. The Balaban J connectivity index is 2.34. The van der Waals surface area contributed by atoms with Crippen molar-refractivity contribution in [3.63, 3.8) is 0 Å². The summed E-state index contributed by atoms with van der Waals surface area (Å²) in [4.78, 5) is 0.155. The molecule has 0 aromatic carbocycles. The van der Waals surface area contributed by atoms with Gasteiger partial charge in [-0.1, -0.05) is 19.8 Å². The first-order valence-electron chi connectivity index (χ1n) is 7.35. The molecule has 2 rings (SSSR count). The maximum Gasteiger partial charge on any atom is 0.248 e. The van der Waals surface area contributed by atoms with Gasteiger partial charge in [0.15, 0.2) is 5.82 Å². The maximum absolute atomic E-state index is 12.8. The van der Waals surface area contributed by atoms with Crippen LogP contribution in [0.2, 0.25) is 0 Å². The van der Waals surface area contributed by atoms with E-state index >= 15 is 0 Å². The van der Waals surface area contributed by atoms with Crippen LogP contribution in [0.5, 0.6) is 0 Å². The zero-order valence-electron chi connectivity index (χ0n) is 12.2. The fourth-order valence-corrected chi connectivity index (χ4v) is 4.60. The summed E-state index contributed by atoms with van der Waals surface area (Å²) in [6.45, 7) is 5.19. The molecule has 0 bridgehead atoms. The zero-order chi connectivity index (χ0) is 14.8. The van der Waals surface area contributed by atoms with Gasteiger partial charge >= 0.3 is 0 Å². The Morgan fingerprint density at radius 2 is 2.15 bits per heavy atom. The van der Waals surface area contributed by atoms with Gasteiger partial charge in [-0.15, -0.1) is 0 Å². The summed E-state index contributed by atoms with van der Waals surface area (Å²) in [7, 11) is -3.53. The Morgan fingerprint density at radius 3 is 2.75 bits per heavy atom. The van der Waals surface area contributed by atoms with Gasteiger partial charge in [-0.2, -0.15) is 9.40 Å². The lowest BCUT2D eigenvalue weighted by Gasteiger charge is -2.34. The molecular formula is C13H24N4O2S. The molecular weight excluding hydrogens is 276 g/mol. The van der Waals surface area contributed by atoms with E-state index in [4.69, 9.17) is 5.73 Å². The van der Waals surface area contributed by atoms with Crippen molar-refractivity contribution in [2.45, 2.75) is 63.4 Å². The van der Waals surface area contributed by atoms with Gasteiger partial charge in [0.05, 0.1) is 0 Å². The average molecular weight is 300 g/mol. The molecule has 1 saturated heterocycles. The Labute approximate surface area is 121 Å². The molecule has 20 heavy (non-hydrogen) atoms. The molecule has 1 fully saturated rings. The summed E-state index contributed by atoms with van der Waals surface area (Å²) in [6.07, 6.45) is 6.39. The van der Waals surface area contributed by atoms with E-state index < -0.39 is 10.0 Å². The minimum Gasteiger partial charge on any atom is -0.381 e. The molecule has 1 aromatic heterocycles. The highest BCUT2D eigenvalue weighted by atomic mass is 32.2. The number of anilines is 1. The third-order valence-corrected chi connectivity index (χ3v) is 5.83. The van der Waals surface area contributed by atoms with Crippen LogP contribution in [0.4, 0.5) is 5.82 Å². The summed E-state index contributed by atoms with van der Waals surface area (Å²) in [6, 6.07) is 0.100. The smallest absolute Gasteiger partial charge is 0.248 e. The number of nitrogens with two attached hydrogens (primary N) is 1. The Kier molecular flexibility index (Phi) is 4.70. The lowest BCUT2D eigenvalue weighted by molar-refractivity contribution is 0.239. The van der Waals surface area contributed by atoms with E-state index in [0.29, 0.717) is 13.1 Å². The summed E-state index contributed by atoms with van der Waals surface area (Å²) >= 11 is 0. The molecule has 114 valence electrons. The van der Waals surface area contributed by atoms with Crippen molar-refractivity contribution >= 4 is 15.8 Å². The molecule has 0 aliphatic carbocycles. The van der Waals surface area contributed by atoms with Gasteiger partial charge in [0, 0.05) is 25.3 Å². The highest BCUT2D eigenvalue weighted by Crippen LogP contribution is 2.29. The van der Waals surface area contributed by atoms with E-state index in [1.165, 1.54) is 0 Å². The monoisotopic (exact) mass is 300 g/mol. The predicted molar refractivity (Wildman–Crippen MR) is 78.8 cm³/mol. The molecule has 2 N–H and O–H groups in total. The highest BCUT2D eigenvalue weighted by Gasteiger charge is 2.35. The van der Waals surface area contributed by atoms with Gasteiger partial charge in [0.1, 0.15) is 4.90 Å². The minimum absolute atomic E-state index is 0.100. The first-order valence-corrected chi connectivity index (χ1v) is 8.79. The van der Waals surface area contributed by atoms with Gasteiger partial charge in [-0.05, 0) is 26.2 Å². The third-order valence-electron chi connectivity index (χ3n) is 3.86. The molecule has 0 spiro atoms. The molecule has 1 aliphatic rings. The first kappa shape index (κ1) is 15.3. The van der Waals surface area contributed by atoms with Crippen molar-refractivity contribution in [3.05, 3.63) is 6.20 Å². The number of piperidine rings is 1. The quantitative estimate of drug-likeness (QED) is 0.899. The number of aromatic nitrogens is 2. The van der Waals surface area contributed by atoms with E-state index in [2.05, 4.69) is 12.0 Å². The summed E-state index contributed by atoms with van der Waals surface area (Å²) < 4.78 is 28.8. The topological polar surface area (TPSA) is 81.2 Å². The SMILES string of the molecule is CCCC1CCCCN1S(=O)(=O)c1cn(CC)nc1N. The summed E-state index contributed by atoms with van der Waals surface area (Å²) in [5, 5.41) is 4.05. The number of hydrogen-bond acceptors (Lipinski definition) is 4. The second-order valence-corrected chi connectivity index (χ2v) is 7.15. The van der Waals surface area contributed by atoms with Crippen LogP contribution in [-0.4, -0.2) is 35.1 Å². The number of nitrogens with zero attached hydrogens (tertiary/aromatic N) is 3. The second kappa shape index (κ2) is 6.13. The third kappa shape index (κ3) is 2.83. The standard InChI is InChI=1S/C13H24N4O2S/c1-3-7-11-8-5-6-9-17(11)20(18,19)12-10-16(4-2)15-13(12)14/h10-11H,3-9H2,1-2H3,(H2,14,15). The summed E-state index contributed by atoms with van der Waals surface area (Å²) in [5.74, 6) is 0.104. The molecule has 0 amide bonds. The highest BCUT2D eigenvalue weighted by molar-refractivity contribution is 7.89. The average Bonchev–Trinajstić information content (AvgIpc) is 2.82. The van der Waals surface area contributed by atoms with E-state index in [-0.39, 0.29) is 16.8 Å². The minimum atomic E-state index is -3.53. The molecule has 0 saturated carbocycles. The number of nitrogen functional groups attached to an aromatic ring is 1. The molecule has 6 nitrogen and oxygen atoms in total. The van der Waals surface area contributed by atoms with Crippen molar-refractivity contribution in [2.24, 2.45) is 0 Å². The van der Waals surface area contributed by atoms with Gasteiger partial charge < -0.3 is 5.73 Å². The van der Waals surface area contributed by atoms with Crippen LogP contribution in [0.3, 0.4) is 0 Å². The van der Waals surface area contributed by atoms with Crippen molar-refractivity contribution in [1.82, 2.24) is 14.1 Å². The van der Waals surface area contributed by atoms with Crippen LogP contribution in [0.25, 0.3) is 0 Å². The predicted octanol–water partition coefficient (Wildman–Crippen LogP) is 1.83. The van der Waals surface area contributed by atoms with Crippen molar-refractivity contribution in [2.75, 3.05) is 12.3 Å². The Bertz CT molecular complexity index is 551. The van der Waals surface area contributed by atoms with Crippen molar-refractivity contribution < 1.29 is 8.42 Å². The number of rotatable bonds is 5. The van der Waals surface area contributed by atoms with Crippen LogP contribution in [-0.2, 0) is 16.6 Å². The number of hydrogen-bond donors (Lipinski definition) is 1. The Hall–Kier alpha value is -1.08. The summed E-state index contributed by atoms with van der Waals surface area (Å²) in [5.41, 5.74) is 5.79. The van der Waals surface area contributed by atoms with Crippen LogP contribution in [0.15, 0.2) is 11.1 Å². The van der Waals surface area contributed by atoms with Crippen LogP contribution >= 0.6 is 0 Å². The largest absolute Gasteiger partial charge is 0.381 e. The molecule has 1 aliphatic heterocycles. The first-order chi connectivity index (χ1) is 9.50. The fourth-order valence-electron chi connectivity index (χ4n) is 2.82. The number of aryl methyl sites for hydroxylation is 1. The van der Waals surface area contributed by atoms with Gasteiger partial charge in [0.25, 0.3) is 0 Å². The number of sulfonamides is 1. The van der Waals surface area contributed by atoms with E-state index in [1.54, 1.807) is 15.2 Å². The molecule has 1 unspecified atom stereocenters. The van der Waals surface area contributed by atoms with E-state index in [0.717, 1.165) is 32.1 Å². The van der Waals surface area contributed by atoms with Crippen LogP contribution in [0.1, 0.15) is 46.0 Å². The molecule has 0 radical (unpaired) electrons. The zero-order valence-corrected chi connectivity index (χ0v) is 13.1. The van der Waals surface area contributed by atoms with Gasteiger partial charge in [0.2, 0.25) is 10.0 Å². The lowest BCUT2D eigenvalue weighted by atomic mass is 10.0. The van der Waals surface area contributed by atoms with Crippen LogP contribution in [0, 0.1) is 0 Å². The maximum atomic E-state index is 12.8. The molecule has 1 aromatic rings. The Morgan fingerprint density at radius 1 is 1.40 bits per heavy atom. The molecule has 1 atom stereocenters. The van der Waals surface area contributed by atoms with Crippen molar-refractivity contribution in [1.29, 1.82) is 0 Å². The normalized spacial score (nSPS) is 21.2. The lowest BCUT2D eigenvalue weighted by Crippen LogP contribution is -2.43. The van der Waals surface area contributed by atoms with Gasteiger partial charge in [-0.3, -0.25) is 4.68 Å². The second-order valence-electron chi connectivity index (χ2n) is 5.29. The molecule has 7 heteroatoms. The van der Waals surface area contributed by atoms with Gasteiger partial charge in [-0.25, -0.2) is 8.42 Å². The van der Waals surface area contributed by atoms with Crippen LogP contribution < -0.4 is 5.73 Å². The molecule has 2 heterocycles.